The van der Waals surface area contributed by atoms with Crippen LogP contribution in [0.2, 0.25) is 0 Å². The first-order valence-corrected chi connectivity index (χ1v) is 5.81. The van der Waals surface area contributed by atoms with Gasteiger partial charge in [0.15, 0.2) is 0 Å². The van der Waals surface area contributed by atoms with E-state index in [1.54, 1.807) is 6.92 Å². The summed E-state index contributed by atoms with van der Waals surface area (Å²) in [4.78, 5) is 21.5. The lowest BCUT2D eigenvalue weighted by Crippen LogP contribution is -2.18. The van der Waals surface area contributed by atoms with Crippen LogP contribution in [-0.4, -0.2) is 9.49 Å². The van der Waals surface area contributed by atoms with Gasteiger partial charge >= 0.3 is 6.55 Å². The number of hydrogen-bond donors (Lipinski definition) is 0. The number of aryl methyl sites for hydroxylation is 1. The zero-order valence-electron chi connectivity index (χ0n) is 10.8. The maximum atomic E-state index is 12.4. The number of alkyl halides is 2. The number of ether oxygens (including phenoxy) is 1. The lowest BCUT2D eigenvalue weighted by atomic mass is 10.2. The lowest BCUT2D eigenvalue weighted by molar-refractivity contribution is -0.384. The van der Waals surface area contributed by atoms with Gasteiger partial charge in [-0.3, -0.25) is 19.5 Å². The van der Waals surface area contributed by atoms with Crippen molar-refractivity contribution in [1.82, 2.24) is 4.57 Å². The van der Waals surface area contributed by atoms with E-state index in [1.807, 2.05) is 0 Å². The molecule has 1 aromatic heterocycles. The molecule has 0 bridgehead atoms. The topological polar surface area (TPSA) is 74.4 Å². The summed E-state index contributed by atoms with van der Waals surface area (Å²) in [6.45, 7) is -1.32. The molecule has 110 valence electrons. The molecule has 0 amide bonds. The van der Waals surface area contributed by atoms with Crippen LogP contribution in [0.3, 0.4) is 0 Å². The zero-order chi connectivity index (χ0) is 15.6. The van der Waals surface area contributed by atoms with Gasteiger partial charge in [0, 0.05) is 24.4 Å². The number of non-ortho nitro benzene ring substituents is 1. The highest BCUT2D eigenvalue weighted by atomic mass is 19.3. The molecule has 0 N–H and O–H groups in total. The molecule has 0 aliphatic carbocycles. The summed E-state index contributed by atoms with van der Waals surface area (Å²) in [5.41, 5.74) is -0.503. The number of pyridine rings is 1. The third-order valence-corrected chi connectivity index (χ3v) is 2.73. The van der Waals surface area contributed by atoms with Gasteiger partial charge in [-0.05, 0) is 24.6 Å². The SMILES string of the molecule is Cc1cc([N+](=O)[O-])ccc1Oc1ccn(C(F)F)c(=O)c1. The van der Waals surface area contributed by atoms with E-state index < -0.39 is 17.0 Å². The fourth-order valence-corrected chi connectivity index (χ4v) is 1.68. The number of benzene rings is 1. The Balaban J connectivity index is 2.28. The fraction of sp³-hybridized carbons (Fsp3) is 0.154. The van der Waals surface area contributed by atoms with Gasteiger partial charge in [0.2, 0.25) is 0 Å². The van der Waals surface area contributed by atoms with Crippen molar-refractivity contribution in [3.63, 3.8) is 0 Å². The largest absolute Gasteiger partial charge is 0.457 e. The van der Waals surface area contributed by atoms with E-state index in [0.29, 0.717) is 11.3 Å². The summed E-state index contributed by atoms with van der Waals surface area (Å²) >= 11 is 0. The highest BCUT2D eigenvalue weighted by Crippen LogP contribution is 2.27. The van der Waals surface area contributed by atoms with Crippen LogP contribution >= 0.6 is 0 Å². The van der Waals surface area contributed by atoms with Crippen LogP contribution in [0.25, 0.3) is 0 Å². The van der Waals surface area contributed by atoms with Crippen molar-refractivity contribution in [2.45, 2.75) is 13.5 Å². The molecule has 0 fully saturated rings. The first-order chi connectivity index (χ1) is 9.88. The molecule has 0 saturated carbocycles. The highest BCUT2D eigenvalue weighted by molar-refractivity contribution is 5.44. The third-order valence-electron chi connectivity index (χ3n) is 2.73. The smallest absolute Gasteiger partial charge is 0.321 e. The summed E-state index contributed by atoms with van der Waals surface area (Å²) in [7, 11) is 0. The number of hydrogen-bond acceptors (Lipinski definition) is 4. The molecule has 0 radical (unpaired) electrons. The van der Waals surface area contributed by atoms with Crippen LogP contribution < -0.4 is 10.3 Å². The third kappa shape index (κ3) is 3.22. The molecule has 1 aromatic carbocycles. The van der Waals surface area contributed by atoms with E-state index in [1.165, 1.54) is 24.3 Å². The Labute approximate surface area is 117 Å². The van der Waals surface area contributed by atoms with Crippen molar-refractivity contribution in [2.75, 3.05) is 0 Å². The van der Waals surface area contributed by atoms with Crippen molar-refractivity contribution in [2.24, 2.45) is 0 Å². The summed E-state index contributed by atoms with van der Waals surface area (Å²) < 4.78 is 30.5. The first-order valence-electron chi connectivity index (χ1n) is 5.81. The minimum atomic E-state index is -2.92. The van der Waals surface area contributed by atoms with Gasteiger partial charge in [-0.1, -0.05) is 0 Å². The Hall–Kier alpha value is -2.77. The van der Waals surface area contributed by atoms with Gasteiger partial charge in [-0.15, -0.1) is 0 Å². The number of rotatable bonds is 4. The van der Waals surface area contributed by atoms with Gasteiger partial charge < -0.3 is 4.74 Å². The minimum Gasteiger partial charge on any atom is -0.457 e. The molecule has 0 saturated heterocycles. The van der Waals surface area contributed by atoms with E-state index >= 15 is 0 Å². The molecule has 2 aromatic rings. The van der Waals surface area contributed by atoms with Gasteiger partial charge in [0.25, 0.3) is 11.2 Å². The standard InChI is InChI=1S/C13H10F2N2O4/c1-8-6-9(17(19)20)2-3-11(8)21-10-4-5-16(13(14)15)12(18)7-10/h2-7,13H,1H3. The van der Waals surface area contributed by atoms with Crippen LogP contribution in [-0.2, 0) is 0 Å². The Bertz CT molecular complexity index is 743. The monoisotopic (exact) mass is 296 g/mol. The van der Waals surface area contributed by atoms with E-state index in [9.17, 15) is 23.7 Å². The van der Waals surface area contributed by atoms with Crippen molar-refractivity contribution >= 4 is 5.69 Å². The van der Waals surface area contributed by atoms with E-state index in [-0.39, 0.29) is 16.0 Å². The van der Waals surface area contributed by atoms with Crippen LogP contribution in [0.5, 0.6) is 11.5 Å². The number of nitro groups is 1. The van der Waals surface area contributed by atoms with E-state index in [2.05, 4.69) is 0 Å². The number of nitro benzene ring substituents is 1. The first kappa shape index (κ1) is 14.6. The average Bonchev–Trinajstić information content (AvgIpc) is 2.40. The normalized spacial score (nSPS) is 10.7. The molecule has 21 heavy (non-hydrogen) atoms. The summed E-state index contributed by atoms with van der Waals surface area (Å²) in [5.74, 6) is 0.378. The predicted octanol–water partition coefficient (Wildman–Crippen LogP) is 3.25. The Kier molecular flexibility index (Phi) is 3.97. The quantitative estimate of drug-likeness (QED) is 0.641. The molecule has 0 unspecified atom stereocenters. The zero-order valence-corrected chi connectivity index (χ0v) is 10.8. The number of halogens is 2. The van der Waals surface area contributed by atoms with E-state index in [4.69, 9.17) is 4.74 Å². The van der Waals surface area contributed by atoms with Gasteiger partial charge in [0.1, 0.15) is 11.5 Å². The summed E-state index contributed by atoms with van der Waals surface area (Å²) in [6, 6.07) is 6.09. The van der Waals surface area contributed by atoms with Crippen LogP contribution in [0.1, 0.15) is 12.1 Å². The maximum Gasteiger partial charge on any atom is 0.321 e. The molecule has 0 spiro atoms. The van der Waals surface area contributed by atoms with Crippen LogP contribution in [0.4, 0.5) is 14.5 Å². The molecule has 1 heterocycles. The Morgan fingerprint density at radius 1 is 1.29 bits per heavy atom. The molecule has 6 nitrogen and oxygen atoms in total. The Morgan fingerprint density at radius 3 is 2.52 bits per heavy atom. The highest BCUT2D eigenvalue weighted by Gasteiger charge is 2.11. The van der Waals surface area contributed by atoms with Crippen molar-refractivity contribution in [3.05, 3.63) is 62.6 Å². The molecule has 2 rings (SSSR count). The second-order valence-electron chi connectivity index (χ2n) is 4.19. The second-order valence-corrected chi connectivity index (χ2v) is 4.19. The molecule has 0 aliphatic rings. The summed E-state index contributed by atoms with van der Waals surface area (Å²) in [6.07, 6.45) is 0.920. The molecular weight excluding hydrogens is 286 g/mol. The summed E-state index contributed by atoms with van der Waals surface area (Å²) in [5, 5.41) is 10.6. The Morgan fingerprint density at radius 2 is 2.00 bits per heavy atom. The predicted molar refractivity (Wildman–Crippen MR) is 69.9 cm³/mol. The van der Waals surface area contributed by atoms with Gasteiger partial charge in [-0.2, -0.15) is 8.78 Å². The van der Waals surface area contributed by atoms with Crippen molar-refractivity contribution in [1.29, 1.82) is 0 Å². The van der Waals surface area contributed by atoms with E-state index in [0.717, 1.165) is 12.3 Å². The molecule has 0 atom stereocenters. The van der Waals surface area contributed by atoms with Crippen molar-refractivity contribution in [3.8, 4) is 11.5 Å². The lowest BCUT2D eigenvalue weighted by Gasteiger charge is -2.09. The van der Waals surface area contributed by atoms with Crippen LogP contribution in [0.15, 0.2) is 41.3 Å². The number of aromatic nitrogens is 1. The fourth-order valence-electron chi connectivity index (χ4n) is 1.68. The van der Waals surface area contributed by atoms with Crippen LogP contribution in [0, 0.1) is 17.0 Å². The minimum absolute atomic E-state index is 0.0776. The molecule has 0 aliphatic heterocycles. The maximum absolute atomic E-state index is 12.4. The molecular formula is C13H10F2N2O4. The van der Waals surface area contributed by atoms with Gasteiger partial charge in [0.05, 0.1) is 4.92 Å². The van der Waals surface area contributed by atoms with Gasteiger partial charge in [-0.25, -0.2) is 0 Å². The van der Waals surface area contributed by atoms with Crippen molar-refractivity contribution < 1.29 is 18.4 Å². The number of nitrogens with zero attached hydrogens (tertiary/aromatic N) is 2. The molecule has 8 heteroatoms. The average molecular weight is 296 g/mol. The second kappa shape index (κ2) is 5.70.